The molecule has 0 aliphatic heterocycles. The second kappa shape index (κ2) is 5.70. The van der Waals surface area contributed by atoms with Crippen LogP contribution in [0.5, 0.6) is 0 Å². The summed E-state index contributed by atoms with van der Waals surface area (Å²) in [6.45, 7) is 6.81. The maximum absolute atomic E-state index is 6.19. The summed E-state index contributed by atoms with van der Waals surface area (Å²) >= 11 is 6.19. The molecule has 90 valence electrons. The minimum atomic E-state index is 0.271. The van der Waals surface area contributed by atoms with E-state index in [-0.39, 0.29) is 5.41 Å². The predicted octanol–water partition coefficient (Wildman–Crippen LogP) is 3.91. The Labute approximate surface area is 104 Å². The lowest BCUT2D eigenvalue weighted by molar-refractivity contribution is 0.293. The molecule has 1 aromatic carbocycles. The predicted molar refractivity (Wildman–Crippen MR) is 72.1 cm³/mol. The summed E-state index contributed by atoms with van der Waals surface area (Å²) in [5, 5.41) is 4.17. The smallest absolute Gasteiger partial charge is 0.0438 e. The van der Waals surface area contributed by atoms with Crippen molar-refractivity contribution >= 4 is 11.6 Å². The fourth-order valence-corrected chi connectivity index (χ4v) is 2.36. The molecule has 0 aliphatic carbocycles. The summed E-state index contributed by atoms with van der Waals surface area (Å²) in [5.74, 6) is 0. The van der Waals surface area contributed by atoms with E-state index < -0.39 is 0 Å². The van der Waals surface area contributed by atoms with E-state index in [9.17, 15) is 0 Å². The molecule has 1 unspecified atom stereocenters. The third-order valence-electron chi connectivity index (χ3n) is 2.98. The highest BCUT2D eigenvalue weighted by Crippen LogP contribution is 2.30. The third-order valence-corrected chi connectivity index (χ3v) is 3.35. The van der Waals surface area contributed by atoms with Crippen molar-refractivity contribution in [2.45, 2.75) is 39.7 Å². The summed E-state index contributed by atoms with van der Waals surface area (Å²) in [6, 6.07) is 8.66. The van der Waals surface area contributed by atoms with E-state index in [0.29, 0.717) is 6.04 Å². The summed E-state index contributed by atoms with van der Waals surface area (Å²) in [5.41, 5.74) is 1.52. The molecular formula is C14H22ClN. The maximum Gasteiger partial charge on any atom is 0.0438 e. The monoisotopic (exact) mass is 239 g/mol. The molecule has 1 atom stereocenters. The molecule has 16 heavy (non-hydrogen) atoms. The average molecular weight is 240 g/mol. The number of nitrogens with one attached hydrogen (secondary N) is 1. The molecule has 1 aromatic rings. The maximum atomic E-state index is 6.19. The van der Waals surface area contributed by atoms with Gasteiger partial charge in [-0.2, -0.15) is 0 Å². The van der Waals surface area contributed by atoms with Crippen molar-refractivity contribution in [1.82, 2.24) is 5.32 Å². The SMILES string of the molecule is CNC(C)CC(C)(C)Cc1ccccc1Cl. The molecule has 0 saturated carbocycles. The van der Waals surface area contributed by atoms with Gasteiger partial charge in [-0.1, -0.05) is 43.6 Å². The van der Waals surface area contributed by atoms with Crippen LogP contribution in [0.25, 0.3) is 0 Å². The minimum absolute atomic E-state index is 0.271. The van der Waals surface area contributed by atoms with Gasteiger partial charge >= 0.3 is 0 Å². The van der Waals surface area contributed by atoms with Crippen LogP contribution in [0.3, 0.4) is 0 Å². The van der Waals surface area contributed by atoms with Gasteiger partial charge in [0.15, 0.2) is 0 Å². The van der Waals surface area contributed by atoms with E-state index in [4.69, 9.17) is 11.6 Å². The molecule has 0 amide bonds. The molecule has 1 N–H and O–H groups in total. The molecule has 1 rings (SSSR count). The van der Waals surface area contributed by atoms with Crippen LogP contribution in [-0.2, 0) is 6.42 Å². The number of benzene rings is 1. The standard InChI is InChI=1S/C14H22ClN/c1-11(16-4)9-14(2,3)10-12-7-5-6-8-13(12)15/h5-8,11,16H,9-10H2,1-4H3. The Morgan fingerprint density at radius 1 is 1.31 bits per heavy atom. The van der Waals surface area contributed by atoms with E-state index in [1.54, 1.807) is 0 Å². The first-order valence-electron chi connectivity index (χ1n) is 5.85. The van der Waals surface area contributed by atoms with Crippen LogP contribution in [0.1, 0.15) is 32.8 Å². The summed E-state index contributed by atoms with van der Waals surface area (Å²) < 4.78 is 0. The molecule has 0 aliphatic rings. The zero-order valence-electron chi connectivity index (χ0n) is 10.7. The van der Waals surface area contributed by atoms with Crippen LogP contribution in [-0.4, -0.2) is 13.1 Å². The van der Waals surface area contributed by atoms with Crippen molar-refractivity contribution in [2.24, 2.45) is 5.41 Å². The van der Waals surface area contributed by atoms with Crippen LogP contribution in [0.2, 0.25) is 5.02 Å². The zero-order valence-corrected chi connectivity index (χ0v) is 11.4. The summed E-state index contributed by atoms with van der Waals surface area (Å²) in [4.78, 5) is 0. The second-order valence-electron chi connectivity index (χ2n) is 5.33. The Balaban J connectivity index is 2.69. The van der Waals surface area contributed by atoms with Crippen molar-refractivity contribution in [3.63, 3.8) is 0 Å². The lowest BCUT2D eigenvalue weighted by Crippen LogP contribution is -2.29. The lowest BCUT2D eigenvalue weighted by atomic mass is 9.80. The molecule has 0 bridgehead atoms. The van der Waals surface area contributed by atoms with Gasteiger partial charge in [0.25, 0.3) is 0 Å². The second-order valence-corrected chi connectivity index (χ2v) is 5.73. The molecule has 0 fully saturated rings. The fourth-order valence-electron chi connectivity index (χ4n) is 2.16. The molecule has 0 heterocycles. The first-order chi connectivity index (χ1) is 7.44. The first kappa shape index (κ1) is 13.5. The Kier molecular flexibility index (Phi) is 4.82. The quantitative estimate of drug-likeness (QED) is 0.822. The van der Waals surface area contributed by atoms with Gasteiger partial charge < -0.3 is 5.32 Å². The number of hydrogen-bond acceptors (Lipinski definition) is 1. The largest absolute Gasteiger partial charge is 0.317 e. The van der Waals surface area contributed by atoms with Crippen LogP contribution in [0, 0.1) is 5.41 Å². The first-order valence-corrected chi connectivity index (χ1v) is 6.23. The van der Waals surface area contributed by atoms with Crippen LogP contribution in [0.4, 0.5) is 0 Å². The van der Waals surface area contributed by atoms with Crippen molar-refractivity contribution < 1.29 is 0 Å². The molecule has 1 nitrogen and oxygen atoms in total. The molecule has 0 spiro atoms. The highest BCUT2D eigenvalue weighted by molar-refractivity contribution is 6.31. The third kappa shape index (κ3) is 4.15. The molecule has 0 aromatic heterocycles. The summed E-state index contributed by atoms with van der Waals surface area (Å²) in [7, 11) is 2.01. The highest BCUT2D eigenvalue weighted by atomic mass is 35.5. The lowest BCUT2D eigenvalue weighted by Gasteiger charge is -2.28. The number of halogens is 1. The van der Waals surface area contributed by atoms with Gasteiger partial charge in [-0.3, -0.25) is 0 Å². The van der Waals surface area contributed by atoms with Crippen molar-refractivity contribution in [3.05, 3.63) is 34.9 Å². The van der Waals surface area contributed by atoms with Crippen LogP contribution >= 0.6 is 11.6 Å². The van der Waals surface area contributed by atoms with E-state index in [0.717, 1.165) is 17.9 Å². The Morgan fingerprint density at radius 2 is 1.94 bits per heavy atom. The summed E-state index contributed by atoms with van der Waals surface area (Å²) in [6.07, 6.45) is 2.17. The Morgan fingerprint density at radius 3 is 2.50 bits per heavy atom. The molecule has 2 heteroatoms. The van der Waals surface area contributed by atoms with E-state index in [1.165, 1.54) is 5.56 Å². The average Bonchev–Trinajstić information content (AvgIpc) is 2.20. The van der Waals surface area contributed by atoms with Gasteiger partial charge in [-0.15, -0.1) is 0 Å². The van der Waals surface area contributed by atoms with Gasteiger partial charge in [0.05, 0.1) is 0 Å². The van der Waals surface area contributed by atoms with Gasteiger partial charge in [-0.05, 0) is 43.9 Å². The topological polar surface area (TPSA) is 12.0 Å². The van der Waals surface area contributed by atoms with Crippen molar-refractivity contribution in [1.29, 1.82) is 0 Å². The normalized spacial score (nSPS) is 13.8. The van der Waals surface area contributed by atoms with Crippen molar-refractivity contribution in [3.8, 4) is 0 Å². The minimum Gasteiger partial charge on any atom is -0.317 e. The number of hydrogen-bond donors (Lipinski definition) is 1. The number of rotatable bonds is 5. The Hall–Kier alpha value is -0.530. The molecule has 0 radical (unpaired) electrons. The zero-order chi connectivity index (χ0) is 12.2. The highest BCUT2D eigenvalue weighted by Gasteiger charge is 2.21. The Bertz CT molecular complexity index is 333. The molecular weight excluding hydrogens is 218 g/mol. The van der Waals surface area contributed by atoms with Crippen LogP contribution < -0.4 is 5.32 Å². The molecule has 0 saturated heterocycles. The van der Waals surface area contributed by atoms with Gasteiger partial charge in [0, 0.05) is 11.1 Å². The van der Waals surface area contributed by atoms with Crippen molar-refractivity contribution in [2.75, 3.05) is 7.05 Å². The van der Waals surface area contributed by atoms with Crippen LogP contribution in [0.15, 0.2) is 24.3 Å². The van der Waals surface area contributed by atoms with Gasteiger partial charge in [-0.25, -0.2) is 0 Å². The van der Waals surface area contributed by atoms with E-state index in [1.807, 2.05) is 19.2 Å². The van der Waals surface area contributed by atoms with E-state index >= 15 is 0 Å². The van der Waals surface area contributed by atoms with Gasteiger partial charge in [0.2, 0.25) is 0 Å². The van der Waals surface area contributed by atoms with Gasteiger partial charge in [0.1, 0.15) is 0 Å². The van der Waals surface area contributed by atoms with E-state index in [2.05, 4.69) is 38.2 Å². The fraction of sp³-hybridized carbons (Fsp3) is 0.571.